The van der Waals surface area contributed by atoms with Gasteiger partial charge in [-0.25, -0.2) is 0 Å². The molecule has 0 radical (unpaired) electrons. The second-order valence-electron chi connectivity index (χ2n) is 6.79. The molecule has 0 fully saturated rings. The molecule has 5 nitrogen and oxygen atoms in total. The Kier molecular flexibility index (Phi) is 7.48. The predicted molar refractivity (Wildman–Crippen MR) is 110 cm³/mol. The van der Waals surface area contributed by atoms with Crippen LogP contribution in [0.2, 0.25) is 0 Å². The number of hydrogen-bond donors (Lipinski definition) is 2. The van der Waals surface area contributed by atoms with Gasteiger partial charge in [-0.1, -0.05) is 30.3 Å². The lowest BCUT2D eigenvalue weighted by Crippen LogP contribution is -2.32. The molecule has 2 aromatic carbocycles. The number of anilines is 1. The molecule has 2 rings (SSSR count). The van der Waals surface area contributed by atoms with Crippen LogP contribution >= 0.6 is 0 Å². The van der Waals surface area contributed by atoms with Crippen LogP contribution in [0.5, 0.6) is 5.75 Å². The van der Waals surface area contributed by atoms with Crippen molar-refractivity contribution in [2.45, 2.75) is 39.5 Å². The Morgan fingerprint density at radius 1 is 1.08 bits per heavy atom. The molecule has 3 N–H and O–H groups in total. The average molecular weight is 354 g/mol. The average Bonchev–Trinajstić information content (AvgIpc) is 2.61. The van der Waals surface area contributed by atoms with Crippen LogP contribution < -0.4 is 15.8 Å². The number of nitrogens with zero attached hydrogens (tertiary/aromatic N) is 2. The van der Waals surface area contributed by atoms with Crippen molar-refractivity contribution in [2.75, 3.05) is 18.9 Å². The number of nitrogens with two attached hydrogens (primary N) is 1. The fourth-order valence-corrected chi connectivity index (χ4v) is 2.47. The summed E-state index contributed by atoms with van der Waals surface area (Å²) < 4.78 is 5.63. The van der Waals surface area contributed by atoms with Crippen molar-refractivity contribution in [3.8, 4) is 5.75 Å². The van der Waals surface area contributed by atoms with E-state index in [-0.39, 0.29) is 12.1 Å². The number of benzene rings is 2. The molecule has 140 valence electrons. The molecule has 0 spiro atoms. The molecule has 0 saturated heterocycles. The van der Waals surface area contributed by atoms with Gasteiger partial charge in [0.1, 0.15) is 5.75 Å². The van der Waals surface area contributed by atoms with Crippen molar-refractivity contribution in [1.82, 2.24) is 4.90 Å². The fourth-order valence-electron chi connectivity index (χ4n) is 2.47. The Balaban J connectivity index is 1.83. The lowest BCUT2D eigenvalue weighted by molar-refractivity contribution is 0.242. The largest absolute Gasteiger partial charge is 0.491 e. The van der Waals surface area contributed by atoms with Gasteiger partial charge in [0, 0.05) is 18.3 Å². The maximum atomic E-state index is 6.01. The Hall–Kier alpha value is -2.53. The molecule has 0 bridgehead atoms. The van der Waals surface area contributed by atoms with Crippen LogP contribution in [0.4, 0.5) is 5.69 Å². The topological polar surface area (TPSA) is 62.9 Å². The van der Waals surface area contributed by atoms with Crippen LogP contribution in [0.25, 0.3) is 0 Å². The molecule has 1 atom stereocenters. The lowest BCUT2D eigenvalue weighted by atomic mass is 10.2. The number of guanidine groups is 1. The van der Waals surface area contributed by atoms with Crippen LogP contribution in [-0.2, 0) is 6.54 Å². The first kappa shape index (κ1) is 19.8. The molecule has 0 amide bonds. The van der Waals surface area contributed by atoms with E-state index < -0.39 is 0 Å². The minimum Gasteiger partial charge on any atom is -0.491 e. The van der Waals surface area contributed by atoms with Crippen LogP contribution in [-0.4, -0.2) is 36.6 Å². The Morgan fingerprint density at radius 3 is 2.35 bits per heavy atom. The molecule has 0 aliphatic carbocycles. The minimum atomic E-state index is 0.162. The van der Waals surface area contributed by atoms with Crippen LogP contribution in [0, 0.1) is 0 Å². The van der Waals surface area contributed by atoms with Crippen molar-refractivity contribution >= 4 is 11.6 Å². The third-order valence-corrected chi connectivity index (χ3v) is 4.05. The Labute approximate surface area is 156 Å². The molecule has 0 saturated carbocycles. The van der Waals surface area contributed by atoms with Gasteiger partial charge in [0.15, 0.2) is 5.96 Å². The number of hydrogen-bond acceptors (Lipinski definition) is 3. The fraction of sp³-hybridized carbons (Fsp3) is 0.381. The first-order chi connectivity index (χ1) is 12.4. The summed E-state index contributed by atoms with van der Waals surface area (Å²) in [6.45, 7) is 7.69. The second-order valence-corrected chi connectivity index (χ2v) is 6.79. The summed E-state index contributed by atoms with van der Waals surface area (Å²) in [7, 11) is 2.10. The van der Waals surface area contributed by atoms with Crippen molar-refractivity contribution in [3.63, 3.8) is 0 Å². The van der Waals surface area contributed by atoms with E-state index in [1.54, 1.807) is 0 Å². The van der Waals surface area contributed by atoms with Crippen LogP contribution in [0.3, 0.4) is 0 Å². The zero-order valence-corrected chi connectivity index (χ0v) is 16.1. The Bertz CT molecular complexity index is 683. The SMILES string of the molecule is CC(C)Oc1ccc(NC(N)=NCC(C)N(C)Cc2ccccc2)cc1. The molecular formula is C21H30N4O. The standard InChI is InChI=1S/C21H30N4O/c1-16(2)26-20-12-10-19(11-13-20)24-21(22)23-14-17(3)25(4)15-18-8-6-5-7-9-18/h5-13,16-17H,14-15H2,1-4H3,(H3,22,23,24). The summed E-state index contributed by atoms with van der Waals surface area (Å²) >= 11 is 0. The van der Waals surface area contributed by atoms with Crippen LogP contribution in [0.15, 0.2) is 59.6 Å². The highest BCUT2D eigenvalue weighted by Crippen LogP contribution is 2.16. The second kappa shape index (κ2) is 9.82. The van der Waals surface area contributed by atoms with Crippen LogP contribution in [0.1, 0.15) is 26.3 Å². The molecule has 0 aliphatic rings. The highest BCUT2D eigenvalue weighted by molar-refractivity contribution is 5.92. The van der Waals surface area contributed by atoms with Crippen molar-refractivity contribution in [2.24, 2.45) is 10.7 Å². The lowest BCUT2D eigenvalue weighted by Gasteiger charge is -2.23. The van der Waals surface area contributed by atoms with Gasteiger partial charge in [-0.05, 0) is 57.6 Å². The van der Waals surface area contributed by atoms with Crippen molar-refractivity contribution in [1.29, 1.82) is 0 Å². The monoisotopic (exact) mass is 354 g/mol. The summed E-state index contributed by atoms with van der Waals surface area (Å²) in [5, 5.41) is 3.12. The molecule has 0 heterocycles. The smallest absolute Gasteiger partial charge is 0.193 e. The summed E-state index contributed by atoms with van der Waals surface area (Å²) in [4.78, 5) is 6.73. The number of ether oxygens (including phenoxy) is 1. The maximum absolute atomic E-state index is 6.01. The van der Waals surface area contributed by atoms with E-state index in [1.165, 1.54) is 5.56 Å². The van der Waals surface area contributed by atoms with E-state index >= 15 is 0 Å². The summed E-state index contributed by atoms with van der Waals surface area (Å²) in [5.41, 5.74) is 8.20. The van der Waals surface area contributed by atoms with Gasteiger partial charge in [0.05, 0.1) is 12.6 Å². The zero-order valence-electron chi connectivity index (χ0n) is 16.1. The van der Waals surface area contributed by atoms with Gasteiger partial charge < -0.3 is 15.8 Å². The molecule has 5 heteroatoms. The highest BCUT2D eigenvalue weighted by Gasteiger charge is 2.09. The van der Waals surface area contributed by atoms with E-state index in [9.17, 15) is 0 Å². The van der Waals surface area contributed by atoms with E-state index in [0.29, 0.717) is 12.5 Å². The van der Waals surface area contributed by atoms with Crippen molar-refractivity contribution < 1.29 is 4.74 Å². The normalized spacial score (nSPS) is 13.1. The van der Waals surface area contributed by atoms with Gasteiger partial charge in [-0.3, -0.25) is 9.89 Å². The van der Waals surface area contributed by atoms with Gasteiger partial charge in [-0.2, -0.15) is 0 Å². The highest BCUT2D eigenvalue weighted by atomic mass is 16.5. The van der Waals surface area contributed by atoms with E-state index in [4.69, 9.17) is 10.5 Å². The Morgan fingerprint density at radius 2 is 1.73 bits per heavy atom. The molecular weight excluding hydrogens is 324 g/mol. The van der Waals surface area contributed by atoms with E-state index in [2.05, 4.69) is 53.4 Å². The van der Waals surface area contributed by atoms with Gasteiger partial charge >= 0.3 is 0 Å². The van der Waals surface area contributed by atoms with E-state index in [1.807, 2.05) is 44.2 Å². The molecule has 0 aromatic heterocycles. The first-order valence-electron chi connectivity index (χ1n) is 9.02. The number of rotatable bonds is 8. The zero-order chi connectivity index (χ0) is 18.9. The predicted octanol–water partition coefficient (Wildman–Crippen LogP) is 3.72. The summed E-state index contributed by atoms with van der Waals surface area (Å²) in [6.07, 6.45) is 0.162. The molecule has 1 unspecified atom stereocenters. The minimum absolute atomic E-state index is 0.162. The molecule has 2 aromatic rings. The maximum Gasteiger partial charge on any atom is 0.193 e. The molecule has 0 aliphatic heterocycles. The van der Waals surface area contributed by atoms with E-state index in [0.717, 1.165) is 18.0 Å². The van der Waals surface area contributed by atoms with Gasteiger partial charge in [0.25, 0.3) is 0 Å². The van der Waals surface area contributed by atoms with Gasteiger partial charge in [0.2, 0.25) is 0 Å². The third kappa shape index (κ3) is 6.76. The quantitative estimate of drug-likeness (QED) is 0.560. The summed E-state index contributed by atoms with van der Waals surface area (Å²) in [5.74, 6) is 1.26. The number of nitrogens with one attached hydrogen (secondary N) is 1. The van der Waals surface area contributed by atoms with Crippen molar-refractivity contribution in [3.05, 3.63) is 60.2 Å². The number of aliphatic imine (C=N–C) groups is 1. The number of likely N-dealkylation sites (N-methyl/N-ethyl adjacent to an activating group) is 1. The van der Waals surface area contributed by atoms with Gasteiger partial charge in [-0.15, -0.1) is 0 Å². The molecule has 26 heavy (non-hydrogen) atoms. The first-order valence-corrected chi connectivity index (χ1v) is 9.02. The third-order valence-electron chi connectivity index (χ3n) is 4.05. The summed E-state index contributed by atoms with van der Waals surface area (Å²) in [6, 6.07) is 18.4.